The molecule has 1 fully saturated rings. The van der Waals surface area contributed by atoms with Gasteiger partial charge in [-0.3, -0.25) is 19.8 Å². The molecule has 0 aliphatic carbocycles. The Balaban J connectivity index is 2.42. The second kappa shape index (κ2) is 6.20. The highest BCUT2D eigenvalue weighted by Crippen LogP contribution is 2.23. The summed E-state index contributed by atoms with van der Waals surface area (Å²) in [5.74, 6) is -0.981. The molecule has 1 aliphatic rings. The van der Waals surface area contributed by atoms with E-state index in [1.807, 2.05) is 6.92 Å². The summed E-state index contributed by atoms with van der Waals surface area (Å²) in [6, 6.07) is 6.63. The van der Waals surface area contributed by atoms with Gasteiger partial charge in [-0.05, 0) is 49.0 Å². The highest BCUT2D eigenvalue weighted by molar-refractivity contribution is 7.80. The Kier molecular flexibility index (Phi) is 4.55. The van der Waals surface area contributed by atoms with E-state index in [0.717, 1.165) is 0 Å². The number of carbonyl (C=O) groups is 2. The molecule has 21 heavy (non-hydrogen) atoms. The number of amides is 2. The third kappa shape index (κ3) is 3.20. The third-order valence-electron chi connectivity index (χ3n) is 2.99. The average molecular weight is 321 g/mol. The second-order valence-corrected chi connectivity index (χ2v) is 5.27. The van der Waals surface area contributed by atoms with Gasteiger partial charge in [0.05, 0.1) is 5.69 Å². The van der Waals surface area contributed by atoms with E-state index >= 15 is 0 Å². The van der Waals surface area contributed by atoms with Crippen LogP contribution in [0.3, 0.4) is 0 Å². The fourth-order valence-corrected chi connectivity index (χ4v) is 2.20. The molecule has 0 atom stereocenters. The molecule has 0 saturated carbocycles. The standard InChI is InChI=1S/C15H13ClN2O2S/c1-3-9(2)8-12-13(19)17-15(21)18(14(12)20)11-6-4-10(16)5-7-11/h4-8H,2-3H2,1H3,(H,17,19,21). The molecule has 1 N–H and O–H groups in total. The zero-order valence-corrected chi connectivity index (χ0v) is 12.9. The van der Waals surface area contributed by atoms with Crippen LogP contribution in [0.5, 0.6) is 0 Å². The zero-order chi connectivity index (χ0) is 15.6. The number of benzene rings is 1. The first-order valence-corrected chi connectivity index (χ1v) is 7.07. The molecule has 0 bridgehead atoms. The Morgan fingerprint density at radius 3 is 2.57 bits per heavy atom. The number of halogens is 1. The van der Waals surface area contributed by atoms with E-state index in [9.17, 15) is 9.59 Å². The van der Waals surface area contributed by atoms with E-state index < -0.39 is 11.8 Å². The Labute approximate surface area is 133 Å². The van der Waals surface area contributed by atoms with Crippen molar-refractivity contribution in [3.8, 4) is 0 Å². The molecule has 1 aliphatic heterocycles. The summed E-state index contributed by atoms with van der Waals surface area (Å²) < 4.78 is 0. The highest BCUT2D eigenvalue weighted by atomic mass is 35.5. The highest BCUT2D eigenvalue weighted by Gasteiger charge is 2.34. The van der Waals surface area contributed by atoms with Gasteiger partial charge >= 0.3 is 0 Å². The number of nitrogens with one attached hydrogen (secondary N) is 1. The lowest BCUT2D eigenvalue weighted by molar-refractivity contribution is -0.122. The molecular weight excluding hydrogens is 308 g/mol. The molecule has 2 rings (SSSR count). The molecule has 0 unspecified atom stereocenters. The van der Waals surface area contributed by atoms with Gasteiger partial charge in [-0.15, -0.1) is 0 Å². The fourth-order valence-electron chi connectivity index (χ4n) is 1.79. The van der Waals surface area contributed by atoms with Crippen LogP contribution in [0.15, 0.2) is 48.1 Å². The van der Waals surface area contributed by atoms with E-state index in [1.165, 1.54) is 11.0 Å². The van der Waals surface area contributed by atoms with E-state index in [1.54, 1.807) is 24.3 Å². The average Bonchev–Trinajstić information content (AvgIpc) is 2.45. The van der Waals surface area contributed by atoms with Crippen molar-refractivity contribution in [2.75, 3.05) is 4.90 Å². The molecule has 1 aromatic carbocycles. The number of hydrogen-bond acceptors (Lipinski definition) is 3. The van der Waals surface area contributed by atoms with Gasteiger partial charge in [0.2, 0.25) is 0 Å². The van der Waals surface area contributed by atoms with Crippen molar-refractivity contribution in [1.29, 1.82) is 0 Å². The van der Waals surface area contributed by atoms with Gasteiger partial charge in [0.25, 0.3) is 11.8 Å². The number of nitrogens with zero attached hydrogens (tertiary/aromatic N) is 1. The van der Waals surface area contributed by atoms with Crippen LogP contribution in [0, 0.1) is 0 Å². The molecule has 1 aromatic rings. The normalized spacial score (nSPS) is 17.1. The van der Waals surface area contributed by atoms with Crippen LogP contribution in [0.2, 0.25) is 5.02 Å². The second-order valence-electron chi connectivity index (χ2n) is 4.45. The predicted molar refractivity (Wildman–Crippen MR) is 87.2 cm³/mol. The third-order valence-corrected chi connectivity index (χ3v) is 3.53. The quantitative estimate of drug-likeness (QED) is 0.529. The van der Waals surface area contributed by atoms with E-state index in [4.69, 9.17) is 23.8 Å². The number of anilines is 1. The molecule has 0 radical (unpaired) electrons. The number of carbonyl (C=O) groups excluding carboxylic acids is 2. The number of thiocarbonyl (C=S) groups is 1. The lowest BCUT2D eigenvalue weighted by Gasteiger charge is -2.29. The van der Waals surface area contributed by atoms with Crippen LogP contribution >= 0.6 is 23.8 Å². The lowest BCUT2D eigenvalue weighted by Crippen LogP contribution is -2.54. The summed E-state index contributed by atoms with van der Waals surface area (Å²) in [6.07, 6.45) is 2.14. The van der Waals surface area contributed by atoms with Crippen molar-refractivity contribution in [2.24, 2.45) is 0 Å². The molecule has 108 valence electrons. The van der Waals surface area contributed by atoms with Crippen molar-refractivity contribution in [1.82, 2.24) is 5.32 Å². The summed E-state index contributed by atoms with van der Waals surface area (Å²) in [5.41, 5.74) is 1.25. The van der Waals surface area contributed by atoms with Crippen molar-refractivity contribution < 1.29 is 9.59 Å². The van der Waals surface area contributed by atoms with Crippen molar-refractivity contribution in [2.45, 2.75) is 13.3 Å². The molecule has 2 amide bonds. The van der Waals surface area contributed by atoms with Gasteiger partial charge in [0, 0.05) is 5.02 Å². The van der Waals surface area contributed by atoms with E-state index in [-0.39, 0.29) is 10.7 Å². The number of rotatable bonds is 3. The SMILES string of the molecule is C=C(C=C1C(=O)NC(=S)N(c2ccc(Cl)cc2)C1=O)CC. The summed E-state index contributed by atoms with van der Waals surface area (Å²) >= 11 is 10.9. The van der Waals surface area contributed by atoms with Crippen LogP contribution in [0.25, 0.3) is 0 Å². The van der Waals surface area contributed by atoms with E-state index in [2.05, 4.69) is 11.9 Å². The lowest BCUT2D eigenvalue weighted by atomic mass is 10.1. The molecule has 0 aromatic heterocycles. The molecular formula is C15H13ClN2O2S. The zero-order valence-electron chi connectivity index (χ0n) is 11.4. The van der Waals surface area contributed by atoms with Gasteiger partial charge in [-0.2, -0.15) is 0 Å². The van der Waals surface area contributed by atoms with Crippen LogP contribution in [0.1, 0.15) is 13.3 Å². The smallest absolute Gasteiger partial charge is 0.270 e. The first kappa shape index (κ1) is 15.4. The first-order chi connectivity index (χ1) is 9.93. The maximum absolute atomic E-state index is 12.5. The van der Waals surface area contributed by atoms with Gasteiger partial charge in [-0.25, -0.2) is 0 Å². The van der Waals surface area contributed by atoms with Crippen LogP contribution < -0.4 is 10.2 Å². The Morgan fingerprint density at radius 1 is 1.38 bits per heavy atom. The summed E-state index contributed by atoms with van der Waals surface area (Å²) in [4.78, 5) is 25.7. The van der Waals surface area contributed by atoms with Gasteiger partial charge < -0.3 is 0 Å². The number of hydrogen-bond donors (Lipinski definition) is 1. The minimum absolute atomic E-state index is 0.0189. The molecule has 4 nitrogen and oxygen atoms in total. The van der Waals surface area contributed by atoms with Crippen molar-refractivity contribution >= 4 is 46.4 Å². The molecule has 1 saturated heterocycles. The minimum Gasteiger partial charge on any atom is -0.298 e. The topological polar surface area (TPSA) is 49.4 Å². The van der Waals surface area contributed by atoms with Gasteiger partial charge in [-0.1, -0.05) is 30.7 Å². The largest absolute Gasteiger partial charge is 0.298 e. The summed E-state index contributed by atoms with van der Waals surface area (Å²) in [6.45, 7) is 5.68. The first-order valence-electron chi connectivity index (χ1n) is 6.29. The van der Waals surface area contributed by atoms with Crippen molar-refractivity contribution in [3.05, 3.63) is 53.1 Å². The minimum atomic E-state index is -0.509. The van der Waals surface area contributed by atoms with Gasteiger partial charge in [0.15, 0.2) is 5.11 Å². The van der Waals surface area contributed by atoms with Crippen LogP contribution in [-0.4, -0.2) is 16.9 Å². The molecule has 0 spiro atoms. The predicted octanol–water partition coefficient (Wildman–Crippen LogP) is 2.98. The summed E-state index contributed by atoms with van der Waals surface area (Å²) in [7, 11) is 0. The molecule has 6 heteroatoms. The fraction of sp³-hybridized carbons (Fsp3) is 0.133. The summed E-state index contributed by atoms with van der Waals surface area (Å²) in [5, 5.41) is 3.10. The maximum atomic E-state index is 12.5. The van der Waals surface area contributed by atoms with E-state index in [0.29, 0.717) is 22.7 Å². The number of allylic oxidation sites excluding steroid dienone is 2. The molecule has 1 heterocycles. The Morgan fingerprint density at radius 2 is 2.00 bits per heavy atom. The van der Waals surface area contributed by atoms with Crippen molar-refractivity contribution in [3.63, 3.8) is 0 Å². The van der Waals surface area contributed by atoms with Gasteiger partial charge in [0.1, 0.15) is 5.57 Å². The Hall–Kier alpha value is -1.98. The Bertz CT molecular complexity index is 665. The van der Waals surface area contributed by atoms with Crippen LogP contribution in [-0.2, 0) is 9.59 Å². The monoisotopic (exact) mass is 320 g/mol. The maximum Gasteiger partial charge on any atom is 0.270 e. The van der Waals surface area contributed by atoms with Crippen LogP contribution in [0.4, 0.5) is 5.69 Å².